The predicted molar refractivity (Wildman–Crippen MR) is 123 cm³/mol. The molecule has 0 aliphatic heterocycles. The van der Waals surface area contributed by atoms with Crippen molar-refractivity contribution < 1.29 is 5.11 Å². The lowest BCUT2D eigenvalue weighted by Crippen LogP contribution is -2.43. The molecule has 6 rings (SSSR count). The summed E-state index contributed by atoms with van der Waals surface area (Å²) in [5.74, 6) is 0.326. The lowest BCUT2D eigenvalue weighted by atomic mass is 9.69. The van der Waals surface area contributed by atoms with Gasteiger partial charge in [-0.05, 0) is 70.3 Å². The summed E-state index contributed by atoms with van der Waals surface area (Å²) in [6, 6.07) is 32.7. The van der Waals surface area contributed by atoms with Crippen molar-refractivity contribution in [2.24, 2.45) is 11.8 Å². The summed E-state index contributed by atoms with van der Waals surface area (Å²) in [5.41, 5.74) is 5.86. The summed E-state index contributed by atoms with van der Waals surface area (Å²) in [6.45, 7) is 0. The van der Waals surface area contributed by atoms with Gasteiger partial charge in [-0.3, -0.25) is 0 Å². The van der Waals surface area contributed by atoms with E-state index in [2.05, 4.69) is 91.0 Å². The van der Waals surface area contributed by atoms with Crippen LogP contribution in [0.2, 0.25) is 0 Å². The molecule has 0 atom stereocenters. The van der Waals surface area contributed by atoms with Gasteiger partial charge in [-0.15, -0.1) is 0 Å². The molecule has 0 amide bonds. The highest BCUT2D eigenvalue weighted by Gasteiger charge is 2.48. The average Bonchev–Trinajstić information content (AvgIpc) is 2.98. The number of fused-ring (bicyclic) bond motifs is 5. The lowest BCUT2D eigenvalue weighted by molar-refractivity contribution is -0.0711. The Bertz CT molecular complexity index is 1130. The maximum Gasteiger partial charge on any atom is 0.0965 e. The third-order valence-corrected chi connectivity index (χ3v) is 7.56. The lowest BCUT2D eigenvalue weighted by Gasteiger charge is -2.40. The van der Waals surface area contributed by atoms with Crippen molar-refractivity contribution in [3.63, 3.8) is 0 Å². The first-order valence-corrected chi connectivity index (χ1v) is 11.1. The second-order valence-electron chi connectivity index (χ2n) is 9.14. The molecule has 2 aliphatic carbocycles. The van der Waals surface area contributed by atoms with Crippen LogP contribution >= 0.6 is 0 Å². The van der Waals surface area contributed by atoms with E-state index in [-0.39, 0.29) is 11.8 Å². The minimum Gasteiger partial charge on any atom is -0.385 e. The third kappa shape index (κ3) is 2.73. The van der Waals surface area contributed by atoms with Crippen LogP contribution in [0.5, 0.6) is 0 Å². The smallest absolute Gasteiger partial charge is 0.0965 e. The molecule has 4 aromatic carbocycles. The van der Waals surface area contributed by atoms with Crippen LogP contribution in [0.25, 0.3) is 10.8 Å². The first-order valence-electron chi connectivity index (χ1n) is 11.1. The molecule has 0 fully saturated rings. The molecule has 30 heavy (non-hydrogen) atoms. The zero-order chi connectivity index (χ0) is 20.1. The van der Waals surface area contributed by atoms with Gasteiger partial charge >= 0.3 is 0 Å². The van der Waals surface area contributed by atoms with Crippen molar-refractivity contribution in [3.05, 3.63) is 119 Å². The van der Waals surface area contributed by atoms with Crippen LogP contribution in [0, 0.1) is 11.8 Å². The summed E-state index contributed by atoms with van der Waals surface area (Å²) in [7, 11) is 0. The van der Waals surface area contributed by atoms with E-state index in [4.69, 9.17) is 0 Å². The van der Waals surface area contributed by atoms with Gasteiger partial charge in [0.25, 0.3) is 0 Å². The molecule has 1 N–H and O–H groups in total. The van der Waals surface area contributed by atoms with Crippen LogP contribution in [-0.4, -0.2) is 5.11 Å². The highest BCUT2D eigenvalue weighted by molar-refractivity contribution is 5.83. The van der Waals surface area contributed by atoms with E-state index in [1.54, 1.807) is 0 Å². The second-order valence-corrected chi connectivity index (χ2v) is 9.14. The minimum absolute atomic E-state index is 0.163. The minimum atomic E-state index is -0.845. The Labute approximate surface area is 178 Å². The number of rotatable bonds is 1. The van der Waals surface area contributed by atoms with Crippen LogP contribution in [0.3, 0.4) is 0 Å². The van der Waals surface area contributed by atoms with Crippen molar-refractivity contribution >= 4 is 10.8 Å². The van der Waals surface area contributed by atoms with Gasteiger partial charge < -0.3 is 5.11 Å². The highest BCUT2D eigenvalue weighted by Crippen LogP contribution is 2.49. The fourth-order valence-corrected chi connectivity index (χ4v) is 5.98. The average molecular weight is 391 g/mol. The van der Waals surface area contributed by atoms with Crippen LogP contribution in [-0.2, 0) is 31.3 Å². The number of benzene rings is 4. The molecule has 2 aliphatic rings. The van der Waals surface area contributed by atoms with E-state index in [0.29, 0.717) is 0 Å². The zero-order valence-corrected chi connectivity index (χ0v) is 17.1. The van der Waals surface area contributed by atoms with Crippen molar-refractivity contribution in [3.8, 4) is 0 Å². The number of hydrogen-bond acceptors (Lipinski definition) is 1. The maximum atomic E-state index is 12.6. The van der Waals surface area contributed by atoms with Gasteiger partial charge in [-0.1, -0.05) is 84.9 Å². The van der Waals surface area contributed by atoms with Crippen molar-refractivity contribution in [1.82, 2.24) is 0 Å². The molecule has 1 nitrogen and oxygen atoms in total. The molecule has 0 unspecified atom stereocenters. The van der Waals surface area contributed by atoms with Crippen molar-refractivity contribution in [2.75, 3.05) is 0 Å². The first kappa shape index (κ1) is 17.9. The van der Waals surface area contributed by atoms with Gasteiger partial charge in [-0.25, -0.2) is 0 Å². The summed E-state index contributed by atoms with van der Waals surface area (Å²) >= 11 is 0. The maximum absolute atomic E-state index is 12.6. The Morgan fingerprint density at radius 2 is 0.967 bits per heavy atom. The van der Waals surface area contributed by atoms with Crippen LogP contribution in [0.4, 0.5) is 0 Å². The van der Waals surface area contributed by atoms with Crippen LogP contribution in [0.1, 0.15) is 27.8 Å². The highest BCUT2D eigenvalue weighted by atomic mass is 16.3. The van der Waals surface area contributed by atoms with Crippen molar-refractivity contribution in [1.29, 1.82) is 0 Å². The molecule has 0 aromatic heterocycles. The third-order valence-electron chi connectivity index (χ3n) is 7.56. The first-order chi connectivity index (χ1) is 14.7. The van der Waals surface area contributed by atoms with E-state index in [1.807, 2.05) is 0 Å². The van der Waals surface area contributed by atoms with E-state index < -0.39 is 5.60 Å². The zero-order valence-electron chi connectivity index (χ0n) is 17.1. The van der Waals surface area contributed by atoms with Gasteiger partial charge in [0, 0.05) is 11.8 Å². The SMILES string of the molecule is OC1(c2ccc3ccccc3c2)C2Cc3ccccc3CC1Cc1ccccc1C2. The molecule has 0 radical (unpaired) electrons. The van der Waals surface area contributed by atoms with Crippen LogP contribution < -0.4 is 0 Å². The Morgan fingerprint density at radius 1 is 0.533 bits per heavy atom. The summed E-state index contributed by atoms with van der Waals surface area (Å²) in [6.07, 6.45) is 3.68. The molecule has 0 spiro atoms. The monoisotopic (exact) mass is 390 g/mol. The Hall–Kier alpha value is -2.90. The van der Waals surface area contributed by atoms with E-state index in [0.717, 1.165) is 31.2 Å². The fraction of sp³-hybridized carbons (Fsp3) is 0.241. The Balaban J connectivity index is 1.56. The second kappa shape index (κ2) is 6.82. The molecule has 148 valence electrons. The van der Waals surface area contributed by atoms with Gasteiger partial charge in [0.1, 0.15) is 0 Å². The summed E-state index contributed by atoms with van der Waals surface area (Å²) < 4.78 is 0. The fourth-order valence-electron chi connectivity index (χ4n) is 5.98. The summed E-state index contributed by atoms with van der Waals surface area (Å²) in [5, 5.41) is 15.0. The summed E-state index contributed by atoms with van der Waals surface area (Å²) in [4.78, 5) is 0. The van der Waals surface area contributed by atoms with Crippen LogP contribution in [0.15, 0.2) is 91.0 Å². The number of hydrogen-bond donors (Lipinski definition) is 1. The number of aliphatic hydroxyl groups is 1. The Morgan fingerprint density at radius 3 is 1.47 bits per heavy atom. The largest absolute Gasteiger partial charge is 0.385 e. The molecule has 0 saturated carbocycles. The molecular weight excluding hydrogens is 364 g/mol. The molecule has 4 aromatic rings. The topological polar surface area (TPSA) is 20.2 Å². The quantitative estimate of drug-likeness (QED) is 0.432. The standard InChI is InChI=1S/C29H26O/c30-29(26-14-13-20-7-1-2-8-21(20)15-26)27-16-22-9-3-4-10-23(22)17-28(29)19-25-12-6-5-11-24(25)18-27/h1-15,27-28,30H,16-19H2. The van der Waals surface area contributed by atoms with E-state index in [9.17, 15) is 5.11 Å². The molecule has 0 saturated heterocycles. The van der Waals surface area contributed by atoms with Gasteiger partial charge in [0.15, 0.2) is 0 Å². The predicted octanol–water partition coefficient (Wildman–Crippen LogP) is 5.86. The molecule has 2 bridgehead atoms. The molecule has 1 heteroatoms. The van der Waals surface area contributed by atoms with E-state index >= 15 is 0 Å². The van der Waals surface area contributed by atoms with E-state index in [1.165, 1.54) is 33.0 Å². The van der Waals surface area contributed by atoms with Gasteiger partial charge in [-0.2, -0.15) is 0 Å². The van der Waals surface area contributed by atoms with Gasteiger partial charge in [0.05, 0.1) is 5.60 Å². The van der Waals surface area contributed by atoms with Gasteiger partial charge in [0.2, 0.25) is 0 Å². The Kier molecular flexibility index (Phi) is 4.07. The molecule has 0 heterocycles. The molecular formula is C29H26O. The van der Waals surface area contributed by atoms with Crippen molar-refractivity contribution in [2.45, 2.75) is 31.3 Å². The normalized spacial score (nSPS) is 25.1.